The van der Waals surface area contributed by atoms with Crippen LogP contribution >= 0.6 is 0 Å². The van der Waals surface area contributed by atoms with Gasteiger partial charge in [-0.2, -0.15) is 0 Å². The van der Waals surface area contributed by atoms with Crippen LogP contribution in [0.2, 0.25) is 0 Å². The number of hydrogen-bond donors (Lipinski definition) is 0. The largest absolute Gasteiger partial charge is 0.460 e. The number of carbonyl (C=O) groups is 1. The van der Waals surface area contributed by atoms with Crippen LogP contribution in [0.25, 0.3) is 0 Å². The van der Waals surface area contributed by atoms with Crippen LogP contribution in [0, 0.1) is 17.8 Å². The van der Waals surface area contributed by atoms with E-state index in [4.69, 9.17) is 4.74 Å². The molecule has 1 rings (SSSR count). The highest BCUT2D eigenvalue weighted by Crippen LogP contribution is 2.44. The first-order valence-electron chi connectivity index (χ1n) is 6.39. The van der Waals surface area contributed by atoms with Crippen molar-refractivity contribution in [2.24, 2.45) is 17.8 Å². The van der Waals surface area contributed by atoms with Gasteiger partial charge >= 0.3 is 5.97 Å². The lowest BCUT2D eigenvalue weighted by atomic mass is 9.81. The van der Waals surface area contributed by atoms with Crippen LogP contribution in [0.5, 0.6) is 0 Å². The molecule has 0 bridgehead atoms. The van der Waals surface area contributed by atoms with E-state index in [-0.39, 0.29) is 18.0 Å². The number of ether oxygens (including phenoxy) is 1. The number of allylic oxidation sites excluding steroid dienone is 1. The van der Waals surface area contributed by atoms with Gasteiger partial charge in [0.15, 0.2) is 0 Å². The molecule has 2 heteroatoms. The van der Waals surface area contributed by atoms with Gasteiger partial charge in [0.1, 0.15) is 0 Å². The molecule has 0 unspecified atom stereocenters. The second kappa shape index (κ2) is 5.52. The minimum absolute atomic E-state index is 0.0840. The topological polar surface area (TPSA) is 26.3 Å². The Kier molecular flexibility index (Phi) is 4.55. The predicted octanol–water partition coefficient (Wildman–Crippen LogP) is 3.73. The first-order valence-corrected chi connectivity index (χ1v) is 6.39. The number of hydrogen-bond acceptors (Lipinski definition) is 2. The molecule has 96 valence electrons. The van der Waals surface area contributed by atoms with Crippen LogP contribution < -0.4 is 0 Å². The first kappa shape index (κ1) is 14.0. The van der Waals surface area contributed by atoms with E-state index in [1.54, 1.807) is 0 Å². The van der Waals surface area contributed by atoms with Crippen LogP contribution in [0.1, 0.15) is 40.5 Å². The third-order valence-electron chi connectivity index (χ3n) is 3.62. The van der Waals surface area contributed by atoms with E-state index in [0.29, 0.717) is 17.4 Å². The van der Waals surface area contributed by atoms with Gasteiger partial charge in [0.2, 0.25) is 0 Å². The van der Waals surface area contributed by atoms with Crippen molar-refractivity contribution in [3.8, 4) is 0 Å². The van der Waals surface area contributed by atoms with Crippen molar-refractivity contribution in [3.63, 3.8) is 0 Å². The zero-order chi connectivity index (χ0) is 13.2. The second-order valence-corrected chi connectivity index (χ2v) is 5.51. The molecule has 0 amide bonds. The van der Waals surface area contributed by atoms with Crippen molar-refractivity contribution >= 4 is 5.97 Å². The smallest absolute Gasteiger partial charge is 0.333 e. The van der Waals surface area contributed by atoms with Crippen molar-refractivity contribution < 1.29 is 9.53 Å². The van der Waals surface area contributed by atoms with Gasteiger partial charge in [0.05, 0.1) is 6.10 Å². The number of rotatable bonds is 4. The minimum Gasteiger partial charge on any atom is -0.460 e. The van der Waals surface area contributed by atoms with Gasteiger partial charge in [-0.3, -0.25) is 0 Å². The van der Waals surface area contributed by atoms with Crippen LogP contribution in [0.4, 0.5) is 0 Å². The van der Waals surface area contributed by atoms with Crippen LogP contribution in [-0.4, -0.2) is 12.1 Å². The predicted molar refractivity (Wildman–Crippen MR) is 70.6 cm³/mol. The average Bonchev–Trinajstić information content (AvgIpc) is 2.58. The summed E-state index contributed by atoms with van der Waals surface area (Å²) in [5.41, 5.74) is 1.77. The lowest BCUT2D eigenvalue weighted by Gasteiger charge is -2.25. The summed E-state index contributed by atoms with van der Waals surface area (Å²) >= 11 is 0. The monoisotopic (exact) mass is 236 g/mol. The first-order chi connectivity index (χ1) is 7.84. The molecule has 1 fully saturated rings. The molecule has 3 atom stereocenters. The molecule has 0 radical (unpaired) electrons. The Bertz CT molecular complexity index is 328. The van der Waals surface area contributed by atoms with E-state index in [0.717, 1.165) is 18.4 Å². The maximum Gasteiger partial charge on any atom is 0.333 e. The van der Waals surface area contributed by atoms with E-state index in [1.807, 2.05) is 20.8 Å². The summed E-state index contributed by atoms with van der Waals surface area (Å²) in [6.45, 7) is 15.9. The molecule has 0 spiro atoms. The van der Waals surface area contributed by atoms with Gasteiger partial charge in [-0.15, -0.1) is 0 Å². The highest BCUT2D eigenvalue weighted by Gasteiger charge is 2.38. The molecule has 0 aliphatic heterocycles. The molecule has 0 aromatic carbocycles. The summed E-state index contributed by atoms with van der Waals surface area (Å²) in [5.74, 6) is 0.838. The van der Waals surface area contributed by atoms with Crippen molar-refractivity contribution in [2.75, 3.05) is 0 Å². The maximum absolute atomic E-state index is 11.9. The Hall–Kier alpha value is -1.05. The highest BCUT2D eigenvalue weighted by atomic mass is 16.5. The highest BCUT2D eigenvalue weighted by molar-refractivity contribution is 5.88. The lowest BCUT2D eigenvalue weighted by molar-refractivity contribution is -0.143. The summed E-state index contributed by atoms with van der Waals surface area (Å²) in [6, 6.07) is 0. The van der Waals surface area contributed by atoms with Gasteiger partial charge in [0, 0.05) is 5.57 Å². The van der Waals surface area contributed by atoms with Crippen LogP contribution in [-0.2, 0) is 9.53 Å². The Morgan fingerprint density at radius 2 is 1.88 bits per heavy atom. The van der Waals surface area contributed by atoms with E-state index in [1.165, 1.54) is 0 Å². The quantitative estimate of drug-likeness (QED) is 0.422. The molecule has 0 aromatic rings. The third-order valence-corrected chi connectivity index (χ3v) is 3.62. The minimum atomic E-state index is -0.245. The Balaban J connectivity index is 2.78. The van der Waals surface area contributed by atoms with Crippen molar-refractivity contribution in [3.05, 3.63) is 24.3 Å². The molecule has 1 saturated carbocycles. The van der Waals surface area contributed by atoms with E-state index in [2.05, 4.69) is 20.1 Å². The molecule has 0 heterocycles. The van der Waals surface area contributed by atoms with Gasteiger partial charge in [-0.05, 0) is 51.4 Å². The molecule has 0 aromatic heterocycles. The molecule has 1 aliphatic rings. The van der Waals surface area contributed by atoms with Gasteiger partial charge in [-0.1, -0.05) is 25.7 Å². The summed E-state index contributed by atoms with van der Waals surface area (Å²) in [4.78, 5) is 11.9. The molecule has 2 nitrogen and oxygen atoms in total. The van der Waals surface area contributed by atoms with E-state index < -0.39 is 0 Å². The molecule has 0 N–H and O–H groups in total. The summed E-state index contributed by atoms with van der Waals surface area (Å²) < 4.78 is 5.23. The Morgan fingerprint density at radius 3 is 2.35 bits per heavy atom. The Labute approximate surface area is 105 Å². The zero-order valence-electron chi connectivity index (χ0n) is 11.5. The van der Waals surface area contributed by atoms with E-state index in [9.17, 15) is 4.79 Å². The van der Waals surface area contributed by atoms with Gasteiger partial charge < -0.3 is 4.74 Å². The Morgan fingerprint density at radius 1 is 1.29 bits per heavy atom. The van der Waals surface area contributed by atoms with Gasteiger partial charge in [-0.25, -0.2) is 4.79 Å². The fraction of sp³-hybridized carbons (Fsp3) is 0.667. The third kappa shape index (κ3) is 3.21. The number of carbonyl (C=O) groups excluding carboxylic acids is 1. The maximum atomic E-state index is 11.9. The van der Waals surface area contributed by atoms with E-state index >= 15 is 0 Å². The fourth-order valence-corrected chi connectivity index (χ4v) is 2.76. The lowest BCUT2D eigenvalue weighted by Crippen LogP contribution is -2.24. The molecule has 17 heavy (non-hydrogen) atoms. The molecule has 0 saturated heterocycles. The summed E-state index contributed by atoms with van der Waals surface area (Å²) in [6.07, 6.45) is 2.16. The molecular weight excluding hydrogens is 212 g/mol. The fourth-order valence-electron chi connectivity index (χ4n) is 2.76. The standard InChI is InChI=1S/C15H24O2/c1-9(2)13-8-7-11(5)14(13)12(6)15(16)17-10(3)4/h10-11,13-14H,1,6-8H2,2-5H3/t11-,13-,14-/m1/s1. The van der Waals surface area contributed by atoms with Crippen molar-refractivity contribution in [1.82, 2.24) is 0 Å². The molecule has 1 aliphatic carbocycles. The van der Waals surface area contributed by atoms with Gasteiger partial charge in [0.25, 0.3) is 0 Å². The SMILES string of the molecule is C=C(C(=O)OC(C)C)[C@H]1[C@H](C)CC[C@@H]1C(=C)C. The van der Waals surface area contributed by atoms with Crippen LogP contribution in [0.3, 0.4) is 0 Å². The second-order valence-electron chi connectivity index (χ2n) is 5.51. The van der Waals surface area contributed by atoms with Crippen molar-refractivity contribution in [1.29, 1.82) is 0 Å². The average molecular weight is 236 g/mol. The summed E-state index contributed by atoms with van der Waals surface area (Å²) in [5, 5.41) is 0. The van der Waals surface area contributed by atoms with Crippen LogP contribution in [0.15, 0.2) is 24.3 Å². The zero-order valence-corrected chi connectivity index (χ0v) is 11.5. The molecular formula is C15H24O2. The van der Waals surface area contributed by atoms with Crippen molar-refractivity contribution in [2.45, 2.75) is 46.6 Å². The summed E-state index contributed by atoms with van der Waals surface area (Å²) in [7, 11) is 0. The normalized spacial score (nSPS) is 28.2. The number of esters is 1.